The molecule has 0 spiro atoms. The van der Waals surface area contributed by atoms with Crippen LogP contribution in [0, 0.1) is 6.92 Å². The number of amides is 1. The number of carbonyl (C=O) groups excluding carboxylic acids is 1. The minimum Gasteiger partial charge on any atom is -0.494 e. The number of nitrogens with one attached hydrogen (secondary N) is 1. The Morgan fingerprint density at radius 2 is 1.62 bits per heavy atom. The van der Waals surface area contributed by atoms with Crippen LogP contribution in [0.1, 0.15) is 12.5 Å². The van der Waals surface area contributed by atoms with Gasteiger partial charge in [-0.15, -0.1) is 11.8 Å². The van der Waals surface area contributed by atoms with Gasteiger partial charge in [-0.05, 0) is 50.2 Å². The Morgan fingerprint density at radius 3 is 2.29 bits per heavy atom. The second kappa shape index (κ2) is 9.88. The lowest BCUT2D eigenvalue weighted by atomic mass is 10.2. The van der Waals surface area contributed by atoms with Crippen molar-refractivity contribution >= 4 is 17.7 Å². The first-order valence-corrected chi connectivity index (χ1v) is 8.98. The Labute approximate surface area is 147 Å². The van der Waals surface area contributed by atoms with Gasteiger partial charge in [-0.25, -0.2) is 0 Å². The smallest absolute Gasteiger partial charge is 0.230 e. The average molecular weight is 345 g/mol. The van der Waals surface area contributed by atoms with Gasteiger partial charge in [0.1, 0.15) is 18.1 Å². The molecule has 0 aliphatic carbocycles. The predicted octanol–water partition coefficient (Wildman–Crippen LogP) is 3.68. The largest absolute Gasteiger partial charge is 0.494 e. The summed E-state index contributed by atoms with van der Waals surface area (Å²) in [4.78, 5) is 12.9. The van der Waals surface area contributed by atoms with Gasteiger partial charge in [-0.3, -0.25) is 4.79 Å². The van der Waals surface area contributed by atoms with Crippen LogP contribution in [0.15, 0.2) is 53.4 Å². The van der Waals surface area contributed by atoms with Crippen molar-refractivity contribution in [2.45, 2.75) is 18.7 Å². The number of hydrogen-bond acceptors (Lipinski definition) is 4. The zero-order valence-electron chi connectivity index (χ0n) is 14.1. The van der Waals surface area contributed by atoms with E-state index in [4.69, 9.17) is 9.47 Å². The Balaban J connectivity index is 1.61. The summed E-state index contributed by atoms with van der Waals surface area (Å²) in [6.07, 6.45) is 0. The second-order valence-corrected chi connectivity index (χ2v) is 6.25. The van der Waals surface area contributed by atoms with Crippen molar-refractivity contribution in [1.82, 2.24) is 5.32 Å². The quantitative estimate of drug-likeness (QED) is 0.556. The summed E-state index contributed by atoms with van der Waals surface area (Å²) in [6, 6.07) is 15.6. The third-order valence-corrected chi connectivity index (χ3v) is 4.23. The lowest BCUT2D eigenvalue weighted by Crippen LogP contribution is -2.29. The fourth-order valence-corrected chi connectivity index (χ4v) is 2.72. The minimum absolute atomic E-state index is 0.00129. The van der Waals surface area contributed by atoms with Crippen LogP contribution in [-0.2, 0) is 4.79 Å². The topological polar surface area (TPSA) is 47.6 Å². The Hall–Kier alpha value is -2.14. The molecule has 24 heavy (non-hydrogen) atoms. The molecule has 0 atom stereocenters. The normalized spacial score (nSPS) is 10.2. The highest BCUT2D eigenvalue weighted by molar-refractivity contribution is 8.00. The molecule has 0 saturated heterocycles. The van der Waals surface area contributed by atoms with E-state index >= 15 is 0 Å². The Bertz CT molecular complexity index is 626. The third-order valence-electron chi connectivity index (χ3n) is 3.22. The van der Waals surface area contributed by atoms with Crippen LogP contribution in [0.4, 0.5) is 0 Å². The number of hydrogen-bond donors (Lipinski definition) is 1. The molecule has 2 aromatic rings. The van der Waals surface area contributed by atoms with Crippen LogP contribution in [0.5, 0.6) is 11.5 Å². The van der Waals surface area contributed by atoms with Crippen molar-refractivity contribution in [2.75, 3.05) is 25.5 Å². The molecule has 0 bridgehead atoms. The minimum atomic E-state index is 0.00129. The van der Waals surface area contributed by atoms with Crippen molar-refractivity contribution < 1.29 is 14.3 Å². The lowest BCUT2D eigenvalue weighted by molar-refractivity contribution is -0.118. The molecule has 0 fully saturated rings. The first-order valence-electron chi connectivity index (χ1n) is 7.99. The maximum absolute atomic E-state index is 11.8. The maximum atomic E-state index is 11.8. The van der Waals surface area contributed by atoms with E-state index < -0.39 is 0 Å². The van der Waals surface area contributed by atoms with Gasteiger partial charge >= 0.3 is 0 Å². The van der Waals surface area contributed by atoms with E-state index in [1.807, 2.05) is 62.4 Å². The molecule has 0 radical (unpaired) electrons. The van der Waals surface area contributed by atoms with Crippen LogP contribution in [0.3, 0.4) is 0 Å². The Morgan fingerprint density at radius 1 is 1.00 bits per heavy atom. The van der Waals surface area contributed by atoms with Crippen molar-refractivity contribution in [2.24, 2.45) is 0 Å². The summed E-state index contributed by atoms with van der Waals surface area (Å²) in [5.41, 5.74) is 1.20. The molecule has 2 rings (SSSR count). The lowest BCUT2D eigenvalue weighted by Gasteiger charge is -2.08. The highest BCUT2D eigenvalue weighted by Crippen LogP contribution is 2.21. The Kier molecular flexibility index (Phi) is 7.49. The molecule has 0 unspecified atom stereocenters. The van der Waals surface area contributed by atoms with Gasteiger partial charge in [0.25, 0.3) is 0 Å². The molecule has 0 heterocycles. The van der Waals surface area contributed by atoms with Crippen molar-refractivity contribution in [1.29, 1.82) is 0 Å². The van der Waals surface area contributed by atoms with Gasteiger partial charge in [-0.2, -0.15) is 0 Å². The zero-order chi connectivity index (χ0) is 17.2. The number of carbonyl (C=O) groups is 1. The van der Waals surface area contributed by atoms with Crippen LogP contribution < -0.4 is 14.8 Å². The standard InChI is InChI=1S/C19H23NO3S/c1-3-22-16-8-10-18(11-9-16)24-14-19(21)20-12-13-23-17-6-4-15(2)5-7-17/h4-11H,3,12-14H2,1-2H3,(H,20,21). The summed E-state index contributed by atoms with van der Waals surface area (Å²) in [5.74, 6) is 2.05. The van der Waals surface area contributed by atoms with Crippen LogP contribution in [-0.4, -0.2) is 31.4 Å². The number of rotatable bonds is 9. The molecule has 128 valence electrons. The molecular formula is C19H23NO3S. The van der Waals surface area contributed by atoms with E-state index in [9.17, 15) is 4.79 Å². The molecule has 2 aromatic carbocycles. The molecule has 5 heteroatoms. The molecule has 0 aliphatic heterocycles. The van der Waals surface area contributed by atoms with Crippen LogP contribution >= 0.6 is 11.8 Å². The maximum Gasteiger partial charge on any atom is 0.230 e. The average Bonchev–Trinajstić information content (AvgIpc) is 2.60. The summed E-state index contributed by atoms with van der Waals surface area (Å²) >= 11 is 1.50. The monoisotopic (exact) mass is 345 g/mol. The van der Waals surface area contributed by atoms with Gasteiger partial charge in [0.15, 0.2) is 0 Å². The molecular weight excluding hydrogens is 322 g/mol. The molecule has 0 aliphatic rings. The van der Waals surface area contributed by atoms with Crippen LogP contribution in [0.2, 0.25) is 0 Å². The van der Waals surface area contributed by atoms with E-state index in [2.05, 4.69) is 5.32 Å². The SMILES string of the molecule is CCOc1ccc(SCC(=O)NCCOc2ccc(C)cc2)cc1. The molecule has 1 N–H and O–H groups in total. The first kappa shape index (κ1) is 18.2. The second-order valence-electron chi connectivity index (χ2n) is 5.20. The number of ether oxygens (including phenoxy) is 2. The highest BCUT2D eigenvalue weighted by atomic mass is 32.2. The number of benzene rings is 2. The van der Waals surface area contributed by atoms with Gasteiger partial charge in [0, 0.05) is 4.90 Å². The number of aryl methyl sites for hydroxylation is 1. The zero-order valence-corrected chi connectivity index (χ0v) is 14.9. The van der Waals surface area contributed by atoms with Crippen molar-refractivity contribution in [3.8, 4) is 11.5 Å². The van der Waals surface area contributed by atoms with Gasteiger partial charge < -0.3 is 14.8 Å². The van der Waals surface area contributed by atoms with E-state index in [0.717, 1.165) is 16.4 Å². The van der Waals surface area contributed by atoms with E-state index in [-0.39, 0.29) is 5.91 Å². The summed E-state index contributed by atoms with van der Waals surface area (Å²) in [6.45, 7) is 5.60. The van der Waals surface area contributed by atoms with E-state index in [1.54, 1.807) is 0 Å². The van der Waals surface area contributed by atoms with Gasteiger partial charge in [0.05, 0.1) is 18.9 Å². The summed E-state index contributed by atoms with van der Waals surface area (Å²) < 4.78 is 11.0. The van der Waals surface area contributed by atoms with Crippen LogP contribution in [0.25, 0.3) is 0 Å². The van der Waals surface area contributed by atoms with Crippen molar-refractivity contribution in [3.05, 3.63) is 54.1 Å². The fourth-order valence-electron chi connectivity index (χ4n) is 1.99. The summed E-state index contributed by atoms with van der Waals surface area (Å²) in [7, 11) is 0. The molecule has 1 amide bonds. The van der Waals surface area contributed by atoms with E-state index in [1.165, 1.54) is 17.3 Å². The molecule has 4 nitrogen and oxygen atoms in total. The highest BCUT2D eigenvalue weighted by Gasteiger charge is 2.03. The fraction of sp³-hybridized carbons (Fsp3) is 0.316. The third kappa shape index (κ3) is 6.54. The van der Waals surface area contributed by atoms with Gasteiger partial charge in [0.2, 0.25) is 5.91 Å². The summed E-state index contributed by atoms with van der Waals surface area (Å²) in [5, 5.41) is 2.86. The van der Waals surface area contributed by atoms with Crippen molar-refractivity contribution in [3.63, 3.8) is 0 Å². The number of thioether (sulfide) groups is 1. The van der Waals surface area contributed by atoms with Gasteiger partial charge in [-0.1, -0.05) is 17.7 Å². The molecule has 0 saturated carbocycles. The first-order chi connectivity index (χ1) is 11.7. The van der Waals surface area contributed by atoms with E-state index in [0.29, 0.717) is 25.5 Å². The molecule has 0 aromatic heterocycles. The predicted molar refractivity (Wildman–Crippen MR) is 98.0 cm³/mol.